The number of fused-ring (bicyclic) bond motifs is 14. The molecule has 202 valence electrons. The van der Waals surface area contributed by atoms with Crippen LogP contribution in [-0.2, 0) is 0 Å². The molecule has 0 radical (unpaired) electrons. The SMILES string of the molecule is C1=CC2Nc3c(n4c5ccc(-c6ccc7c(c6)oc6ccccc67)cc5c5c6c(cc3c54)sc3ccccc36)NC2C=C1. The fourth-order valence-electron chi connectivity index (χ4n) is 7.66. The summed E-state index contributed by atoms with van der Waals surface area (Å²) >= 11 is 1.89. The minimum Gasteiger partial charge on any atom is -0.456 e. The maximum absolute atomic E-state index is 6.26. The fraction of sp³-hybridized carbons (Fsp3) is 0.0526. The molecule has 2 atom stereocenters. The molecule has 2 unspecified atom stereocenters. The van der Waals surface area contributed by atoms with Crippen molar-refractivity contribution in [3.63, 3.8) is 0 Å². The molecule has 5 aromatic carbocycles. The number of nitrogens with one attached hydrogen (secondary N) is 2. The molecular weight excluding hydrogens is 547 g/mol. The lowest BCUT2D eigenvalue weighted by atomic mass is 9.97. The van der Waals surface area contributed by atoms with Gasteiger partial charge in [0.15, 0.2) is 0 Å². The second-order valence-corrected chi connectivity index (χ2v) is 12.9. The number of hydrogen-bond donors (Lipinski definition) is 2. The average Bonchev–Trinajstić information content (AvgIpc) is 3.78. The van der Waals surface area contributed by atoms with Crippen molar-refractivity contribution in [2.75, 3.05) is 10.6 Å². The molecule has 0 fully saturated rings. The molecule has 0 saturated heterocycles. The molecule has 0 amide bonds. The summed E-state index contributed by atoms with van der Waals surface area (Å²) in [5.41, 5.74) is 7.91. The first-order chi connectivity index (χ1) is 21.3. The van der Waals surface area contributed by atoms with Gasteiger partial charge < -0.3 is 15.1 Å². The Morgan fingerprint density at radius 3 is 2.30 bits per heavy atom. The number of hydrogen-bond acceptors (Lipinski definition) is 4. The summed E-state index contributed by atoms with van der Waals surface area (Å²) in [6, 6.07) is 33.5. The molecule has 1 aliphatic heterocycles. The molecular formula is C38H23N3OS. The summed E-state index contributed by atoms with van der Waals surface area (Å²) in [4.78, 5) is 0. The number of allylic oxidation sites excluding steroid dienone is 2. The van der Waals surface area contributed by atoms with Crippen LogP contribution in [0.25, 0.3) is 80.4 Å². The number of para-hydroxylation sites is 1. The van der Waals surface area contributed by atoms with E-state index in [4.69, 9.17) is 4.42 Å². The molecule has 4 aromatic heterocycles. The highest BCUT2D eigenvalue weighted by Gasteiger charge is 2.32. The van der Waals surface area contributed by atoms with Crippen molar-refractivity contribution in [2.45, 2.75) is 12.1 Å². The van der Waals surface area contributed by atoms with E-state index in [9.17, 15) is 0 Å². The lowest BCUT2D eigenvalue weighted by Gasteiger charge is -2.33. The molecule has 0 spiro atoms. The largest absolute Gasteiger partial charge is 0.456 e. The van der Waals surface area contributed by atoms with Gasteiger partial charge in [-0.1, -0.05) is 72.8 Å². The number of thiophene rings is 1. The molecule has 5 heterocycles. The number of anilines is 2. The maximum atomic E-state index is 6.26. The molecule has 5 heteroatoms. The van der Waals surface area contributed by atoms with Gasteiger partial charge >= 0.3 is 0 Å². The van der Waals surface area contributed by atoms with E-state index in [0.29, 0.717) is 0 Å². The standard InChI is InChI=1S/C38H23N3OS/c1-5-11-30-22(7-1)23-15-13-21(18-31(23)42-30)20-14-16-29-25(17-20)35-34-24-8-2-6-12-32(24)43-33(34)19-26-36-38(41(29)37(26)35)40-28-10-4-3-9-27(28)39-36/h1-19,27-28,39-40H. The van der Waals surface area contributed by atoms with E-state index in [1.54, 1.807) is 0 Å². The minimum atomic E-state index is 0.210. The summed E-state index contributed by atoms with van der Waals surface area (Å²) in [6.45, 7) is 0. The molecule has 11 rings (SSSR count). The van der Waals surface area contributed by atoms with Crippen molar-refractivity contribution in [1.82, 2.24) is 4.40 Å². The van der Waals surface area contributed by atoms with Crippen LogP contribution in [-0.4, -0.2) is 16.5 Å². The Kier molecular flexibility index (Phi) is 4.04. The Bertz CT molecular complexity index is 2700. The van der Waals surface area contributed by atoms with E-state index in [-0.39, 0.29) is 12.1 Å². The van der Waals surface area contributed by atoms with E-state index in [0.717, 1.165) is 33.3 Å². The topological polar surface area (TPSA) is 41.6 Å². The first-order valence-electron chi connectivity index (χ1n) is 14.8. The van der Waals surface area contributed by atoms with Crippen molar-refractivity contribution >= 4 is 92.1 Å². The lowest BCUT2D eigenvalue weighted by molar-refractivity contribution is 0.669. The number of aromatic nitrogens is 1. The monoisotopic (exact) mass is 569 g/mol. The highest BCUT2D eigenvalue weighted by molar-refractivity contribution is 7.26. The highest BCUT2D eigenvalue weighted by Crippen LogP contribution is 2.51. The first-order valence-corrected chi connectivity index (χ1v) is 15.6. The summed E-state index contributed by atoms with van der Waals surface area (Å²) in [6.07, 6.45) is 8.79. The van der Waals surface area contributed by atoms with Crippen molar-refractivity contribution in [3.05, 3.63) is 115 Å². The zero-order valence-electron chi connectivity index (χ0n) is 22.9. The predicted octanol–water partition coefficient (Wildman–Crippen LogP) is 10.3. The summed E-state index contributed by atoms with van der Waals surface area (Å²) in [5, 5.41) is 16.7. The summed E-state index contributed by atoms with van der Waals surface area (Å²) in [5.74, 6) is 1.15. The van der Waals surface area contributed by atoms with Gasteiger partial charge in [0.25, 0.3) is 0 Å². The zero-order valence-corrected chi connectivity index (χ0v) is 23.7. The molecule has 4 nitrogen and oxygen atoms in total. The highest BCUT2D eigenvalue weighted by atomic mass is 32.1. The second kappa shape index (κ2) is 7.77. The first kappa shape index (κ1) is 22.4. The van der Waals surface area contributed by atoms with Gasteiger partial charge in [-0.25, -0.2) is 0 Å². The van der Waals surface area contributed by atoms with Crippen LogP contribution in [0.4, 0.5) is 11.5 Å². The van der Waals surface area contributed by atoms with E-state index in [1.807, 2.05) is 23.5 Å². The maximum Gasteiger partial charge on any atom is 0.136 e. The van der Waals surface area contributed by atoms with Gasteiger partial charge in [-0.2, -0.15) is 0 Å². The molecule has 9 aromatic rings. The molecule has 0 bridgehead atoms. The van der Waals surface area contributed by atoms with Crippen molar-refractivity contribution in [3.8, 4) is 11.1 Å². The van der Waals surface area contributed by atoms with E-state index >= 15 is 0 Å². The molecule has 2 aliphatic rings. The van der Waals surface area contributed by atoms with Crippen molar-refractivity contribution in [2.24, 2.45) is 0 Å². The van der Waals surface area contributed by atoms with Gasteiger partial charge in [-0.05, 0) is 53.6 Å². The third-order valence-electron chi connectivity index (χ3n) is 9.56. The van der Waals surface area contributed by atoms with Gasteiger partial charge in [0, 0.05) is 47.1 Å². The van der Waals surface area contributed by atoms with E-state index in [2.05, 4.69) is 118 Å². The Morgan fingerprint density at radius 1 is 0.605 bits per heavy atom. The van der Waals surface area contributed by atoms with Crippen LogP contribution in [0.2, 0.25) is 0 Å². The Hall–Kier alpha value is -5.26. The number of nitrogens with zero attached hydrogens (tertiary/aromatic N) is 1. The summed E-state index contributed by atoms with van der Waals surface area (Å²) < 4.78 is 11.4. The fourth-order valence-corrected chi connectivity index (χ4v) is 8.81. The quantitative estimate of drug-likeness (QED) is 0.207. The van der Waals surface area contributed by atoms with Gasteiger partial charge in [-0.15, -0.1) is 11.3 Å². The molecule has 1 aliphatic carbocycles. The third-order valence-corrected chi connectivity index (χ3v) is 10.7. The van der Waals surface area contributed by atoms with Crippen LogP contribution < -0.4 is 10.6 Å². The van der Waals surface area contributed by atoms with Crippen LogP contribution >= 0.6 is 11.3 Å². The van der Waals surface area contributed by atoms with Crippen LogP contribution in [0.3, 0.4) is 0 Å². The van der Waals surface area contributed by atoms with Crippen LogP contribution in [0.15, 0.2) is 120 Å². The second-order valence-electron chi connectivity index (χ2n) is 11.8. The molecule has 0 saturated carbocycles. The van der Waals surface area contributed by atoms with Crippen LogP contribution in [0.5, 0.6) is 0 Å². The van der Waals surface area contributed by atoms with Gasteiger partial charge in [-0.3, -0.25) is 4.40 Å². The number of benzene rings is 5. The van der Waals surface area contributed by atoms with E-state index in [1.165, 1.54) is 58.6 Å². The Balaban J connectivity index is 1.24. The van der Waals surface area contributed by atoms with Gasteiger partial charge in [0.2, 0.25) is 0 Å². The number of rotatable bonds is 1. The zero-order chi connectivity index (χ0) is 27.8. The normalized spacial score (nSPS) is 18.0. The van der Waals surface area contributed by atoms with Crippen LogP contribution in [0.1, 0.15) is 0 Å². The minimum absolute atomic E-state index is 0.210. The predicted molar refractivity (Wildman–Crippen MR) is 182 cm³/mol. The average molecular weight is 570 g/mol. The molecule has 43 heavy (non-hydrogen) atoms. The van der Waals surface area contributed by atoms with E-state index < -0.39 is 0 Å². The summed E-state index contributed by atoms with van der Waals surface area (Å²) in [7, 11) is 0. The smallest absolute Gasteiger partial charge is 0.136 e. The van der Waals surface area contributed by atoms with Crippen molar-refractivity contribution < 1.29 is 4.42 Å². The lowest BCUT2D eigenvalue weighted by Crippen LogP contribution is -2.41. The van der Waals surface area contributed by atoms with Gasteiger partial charge in [0.05, 0.1) is 28.8 Å². The van der Waals surface area contributed by atoms with Gasteiger partial charge in [0.1, 0.15) is 17.0 Å². The number of furan rings is 1. The van der Waals surface area contributed by atoms with Crippen LogP contribution in [0, 0.1) is 0 Å². The van der Waals surface area contributed by atoms with Crippen molar-refractivity contribution in [1.29, 1.82) is 0 Å². The third kappa shape index (κ3) is 2.80. The Morgan fingerprint density at radius 2 is 1.37 bits per heavy atom. The molecule has 2 N–H and O–H groups in total. The Labute approximate surface area is 249 Å².